The summed E-state index contributed by atoms with van der Waals surface area (Å²) in [7, 11) is 0. The summed E-state index contributed by atoms with van der Waals surface area (Å²) >= 11 is 0. The zero-order valence-electron chi connectivity index (χ0n) is 18.9. The molecule has 0 aliphatic carbocycles. The largest absolute Gasteiger partial charge is 0.317 e. The summed E-state index contributed by atoms with van der Waals surface area (Å²) in [4.78, 5) is 10.2. The maximum Gasteiger partial charge on any atom is 0.119 e. The Labute approximate surface area is 171 Å². The van der Waals surface area contributed by atoms with Crippen LogP contribution in [0.1, 0.15) is 136 Å². The normalized spacial score (nSPS) is 12.4. The summed E-state index contributed by atoms with van der Waals surface area (Å²) in [5.41, 5.74) is 0. The minimum atomic E-state index is 0.746. The van der Waals surface area contributed by atoms with Crippen LogP contribution in [-0.4, -0.2) is 19.4 Å². The molecule has 0 fully saturated rings. The molecule has 0 aromatic rings. The van der Waals surface area contributed by atoms with Crippen LogP contribution in [0.3, 0.4) is 0 Å². The van der Waals surface area contributed by atoms with Crippen molar-refractivity contribution in [1.82, 2.24) is 5.32 Å². The molecule has 2 heteroatoms. The van der Waals surface area contributed by atoms with Gasteiger partial charge in [-0.25, -0.2) is 0 Å². The van der Waals surface area contributed by atoms with E-state index in [1.165, 1.54) is 122 Å². The van der Waals surface area contributed by atoms with Gasteiger partial charge in [-0.2, -0.15) is 0 Å². The Morgan fingerprint density at radius 3 is 1.59 bits per heavy atom. The van der Waals surface area contributed by atoms with Crippen molar-refractivity contribution in [3.05, 3.63) is 0 Å². The molecule has 1 N–H and O–H groups in total. The van der Waals surface area contributed by atoms with Crippen molar-refractivity contribution >= 4 is 6.29 Å². The second-order valence-electron chi connectivity index (χ2n) is 8.69. The standard InChI is InChI=1S/C25H51NO/c1-3-4-5-10-15-20-25(2)21-16-11-6-7-12-17-22-26-23-18-13-8-9-14-19-24-27/h24-26H,3-23H2,1-2H3. The van der Waals surface area contributed by atoms with Gasteiger partial charge in [0.2, 0.25) is 0 Å². The van der Waals surface area contributed by atoms with Crippen molar-refractivity contribution in [2.24, 2.45) is 5.92 Å². The third-order valence-electron chi connectivity index (χ3n) is 5.78. The lowest BCUT2D eigenvalue weighted by Crippen LogP contribution is -2.16. The number of unbranched alkanes of at least 4 members (excludes halogenated alkanes) is 14. The second-order valence-corrected chi connectivity index (χ2v) is 8.69. The molecule has 0 aromatic carbocycles. The van der Waals surface area contributed by atoms with Gasteiger partial charge in [-0.1, -0.05) is 110 Å². The molecular weight excluding hydrogens is 330 g/mol. The fourth-order valence-electron chi connectivity index (χ4n) is 3.82. The molecule has 0 amide bonds. The number of aldehydes is 1. The molecule has 0 radical (unpaired) electrons. The lowest BCUT2D eigenvalue weighted by atomic mass is 9.96. The number of carbonyl (C=O) groups excluding carboxylic acids is 1. The Kier molecular flexibility index (Phi) is 23.3. The van der Waals surface area contributed by atoms with E-state index in [0.717, 1.165) is 25.0 Å². The van der Waals surface area contributed by atoms with Gasteiger partial charge in [-0.3, -0.25) is 0 Å². The lowest BCUT2D eigenvalue weighted by Gasteiger charge is -2.11. The van der Waals surface area contributed by atoms with Gasteiger partial charge in [0.15, 0.2) is 0 Å². The number of hydrogen-bond acceptors (Lipinski definition) is 2. The zero-order chi connectivity index (χ0) is 19.8. The molecule has 27 heavy (non-hydrogen) atoms. The Hall–Kier alpha value is -0.370. The van der Waals surface area contributed by atoms with Crippen LogP contribution in [0.25, 0.3) is 0 Å². The molecule has 0 aromatic heterocycles. The van der Waals surface area contributed by atoms with Crippen molar-refractivity contribution in [3.8, 4) is 0 Å². The molecule has 0 heterocycles. The third-order valence-corrected chi connectivity index (χ3v) is 5.78. The fourth-order valence-corrected chi connectivity index (χ4v) is 3.82. The molecule has 0 spiro atoms. The summed E-state index contributed by atoms with van der Waals surface area (Å²) in [5, 5.41) is 3.58. The van der Waals surface area contributed by atoms with Crippen LogP contribution in [0.15, 0.2) is 0 Å². The van der Waals surface area contributed by atoms with Crippen molar-refractivity contribution in [1.29, 1.82) is 0 Å². The summed E-state index contributed by atoms with van der Waals surface area (Å²) in [6.45, 7) is 7.11. The predicted octanol–water partition coefficient (Wildman–Crippen LogP) is 7.84. The van der Waals surface area contributed by atoms with Crippen molar-refractivity contribution < 1.29 is 4.79 Å². The monoisotopic (exact) mass is 381 g/mol. The van der Waals surface area contributed by atoms with Gasteiger partial charge in [0.25, 0.3) is 0 Å². The van der Waals surface area contributed by atoms with Gasteiger partial charge in [0.1, 0.15) is 6.29 Å². The zero-order valence-corrected chi connectivity index (χ0v) is 18.9. The molecule has 0 aliphatic heterocycles. The first-order valence-electron chi connectivity index (χ1n) is 12.5. The van der Waals surface area contributed by atoms with E-state index in [-0.39, 0.29) is 0 Å². The first-order chi connectivity index (χ1) is 13.3. The molecule has 162 valence electrons. The molecule has 0 bridgehead atoms. The van der Waals surface area contributed by atoms with Gasteiger partial charge in [0, 0.05) is 6.42 Å². The molecule has 2 nitrogen and oxygen atoms in total. The fraction of sp³-hybridized carbons (Fsp3) is 0.960. The van der Waals surface area contributed by atoms with E-state index in [2.05, 4.69) is 19.2 Å². The maximum atomic E-state index is 10.2. The minimum absolute atomic E-state index is 0.746. The first kappa shape index (κ1) is 26.6. The smallest absolute Gasteiger partial charge is 0.119 e. The Bertz CT molecular complexity index is 279. The molecule has 0 aliphatic rings. The number of hydrogen-bond donors (Lipinski definition) is 1. The van der Waals surface area contributed by atoms with Crippen LogP contribution in [0.5, 0.6) is 0 Å². The summed E-state index contributed by atoms with van der Waals surface area (Å²) in [6, 6.07) is 0. The van der Waals surface area contributed by atoms with Gasteiger partial charge in [-0.05, 0) is 38.3 Å². The predicted molar refractivity (Wildman–Crippen MR) is 121 cm³/mol. The van der Waals surface area contributed by atoms with Gasteiger partial charge >= 0.3 is 0 Å². The molecule has 0 saturated carbocycles. The second kappa shape index (κ2) is 23.7. The highest BCUT2D eigenvalue weighted by Crippen LogP contribution is 2.18. The average Bonchev–Trinajstić information content (AvgIpc) is 2.67. The SMILES string of the molecule is CCCCCCCC(C)CCCCCCCCNCCCCCCCC=O. The highest BCUT2D eigenvalue weighted by molar-refractivity contribution is 5.48. The average molecular weight is 382 g/mol. The van der Waals surface area contributed by atoms with Gasteiger partial charge in [0.05, 0.1) is 0 Å². The van der Waals surface area contributed by atoms with E-state index in [4.69, 9.17) is 0 Å². The molecular formula is C25H51NO. The Balaban J connectivity index is 3.09. The summed E-state index contributed by atoms with van der Waals surface area (Å²) < 4.78 is 0. The number of rotatable bonds is 23. The third kappa shape index (κ3) is 23.6. The molecule has 0 saturated heterocycles. The molecule has 0 rings (SSSR count). The van der Waals surface area contributed by atoms with Crippen LogP contribution < -0.4 is 5.32 Å². The van der Waals surface area contributed by atoms with Crippen molar-refractivity contribution in [2.45, 2.75) is 136 Å². The van der Waals surface area contributed by atoms with Crippen molar-refractivity contribution in [3.63, 3.8) is 0 Å². The molecule has 1 unspecified atom stereocenters. The van der Waals surface area contributed by atoms with Crippen LogP contribution in [-0.2, 0) is 4.79 Å². The topological polar surface area (TPSA) is 29.1 Å². The number of nitrogens with one attached hydrogen (secondary N) is 1. The highest BCUT2D eigenvalue weighted by atomic mass is 16.1. The Morgan fingerprint density at radius 1 is 0.630 bits per heavy atom. The van der Waals surface area contributed by atoms with Gasteiger partial charge < -0.3 is 10.1 Å². The lowest BCUT2D eigenvalue weighted by molar-refractivity contribution is -0.107. The van der Waals surface area contributed by atoms with E-state index in [1.54, 1.807) is 0 Å². The van der Waals surface area contributed by atoms with Gasteiger partial charge in [-0.15, -0.1) is 0 Å². The quantitative estimate of drug-likeness (QED) is 0.144. The number of carbonyl (C=O) groups is 1. The van der Waals surface area contributed by atoms with E-state index >= 15 is 0 Å². The van der Waals surface area contributed by atoms with E-state index in [0.29, 0.717) is 0 Å². The Morgan fingerprint density at radius 2 is 1.07 bits per heavy atom. The first-order valence-corrected chi connectivity index (χ1v) is 12.5. The van der Waals surface area contributed by atoms with Crippen LogP contribution in [0.4, 0.5) is 0 Å². The summed E-state index contributed by atoms with van der Waals surface area (Å²) in [5.74, 6) is 0.945. The maximum absolute atomic E-state index is 10.2. The molecule has 1 atom stereocenters. The summed E-state index contributed by atoms with van der Waals surface area (Å²) in [6.07, 6.45) is 26.5. The van der Waals surface area contributed by atoms with E-state index < -0.39 is 0 Å². The van der Waals surface area contributed by atoms with Crippen LogP contribution in [0, 0.1) is 5.92 Å². The van der Waals surface area contributed by atoms with E-state index in [9.17, 15) is 4.79 Å². The highest BCUT2D eigenvalue weighted by Gasteiger charge is 2.02. The van der Waals surface area contributed by atoms with Crippen molar-refractivity contribution in [2.75, 3.05) is 13.1 Å². The van der Waals surface area contributed by atoms with Crippen LogP contribution >= 0.6 is 0 Å². The minimum Gasteiger partial charge on any atom is -0.317 e. The van der Waals surface area contributed by atoms with Crippen LogP contribution in [0.2, 0.25) is 0 Å². The van der Waals surface area contributed by atoms with E-state index in [1.807, 2.05) is 0 Å².